The molecule has 0 aliphatic carbocycles. The number of ether oxygens (including phenoxy) is 1. The second-order valence-electron chi connectivity index (χ2n) is 3.78. The normalized spacial score (nSPS) is 9.60. The smallest absolute Gasteiger partial charge is 0.123 e. The van der Waals surface area contributed by atoms with E-state index in [0.29, 0.717) is 6.61 Å². The van der Waals surface area contributed by atoms with Gasteiger partial charge in [0.1, 0.15) is 5.75 Å². The van der Waals surface area contributed by atoms with E-state index >= 15 is 0 Å². The quantitative estimate of drug-likeness (QED) is 0.621. The molecule has 0 aliphatic rings. The Labute approximate surface area is 131 Å². The number of para-hydroxylation sites is 1. The van der Waals surface area contributed by atoms with E-state index in [1.165, 1.54) is 10.5 Å². The summed E-state index contributed by atoms with van der Waals surface area (Å²) >= 11 is 7.65. The summed E-state index contributed by atoms with van der Waals surface area (Å²) in [4.78, 5) is 1.21. The van der Waals surface area contributed by atoms with Gasteiger partial charge in [-0.25, -0.2) is 0 Å². The van der Waals surface area contributed by atoms with Crippen LogP contribution in [0.3, 0.4) is 0 Å². The van der Waals surface area contributed by atoms with Gasteiger partial charge >= 0.3 is 0 Å². The summed E-state index contributed by atoms with van der Waals surface area (Å²) in [6.07, 6.45) is 0. The molecule has 20 heavy (non-hydrogen) atoms. The summed E-state index contributed by atoms with van der Waals surface area (Å²) in [5, 5.41) is 0.772. The van der Waals surface area contributed by atoms with Gasteiger partial charge in [0.25, 0.3) is 0 Å². The second-order valence-corrected chi connectivity index (χ2v) is 5.27. The number of halogens is 1. The number of thioether (sulfide) groups is 1. The third kappa shape index (κ3) is 5.48. The highest BCUT2D eigenvalue weighted by Gasteiger charge is 2.03. The number of hydrogen-bond acceptors (Lipinski definition) is 2. The molecule has 0 atom stereocenters. The van der Waals surface area contributed by atoms with Crippen LogP contribution in [0.25, 0.3) is 0 Å². The predicted molar refractivity (Wildman–Crippen MR) is 90.0 cm³/mol. The first kappa shape index (κ1) is 16.9. The molecule has 0 bridgehead atoms. The van der Waals surface area contributed by atoms with Crippen LogP contribution in [0.15, 0.2) is 53.4 Å². The maximum absolute atomic E-state index is 5.87. The Morgan fingerprint density at radius 3 is 2.30 bits per heavy atom. The fraction of sp³-hybridized carbons (Fsp3) is 0.294. The molecule has 2 aromatic carbocycles. The van der Waals surface area contributed by atoms with Crippen molar-refractivity contribution in [2.24, 2.45) is 0 Å². The van der Waals surface area contributed by atoms with E-state index in [2.05, 4.69) is 6.07 Å². The summed E-state index contributed by atoms with van der Waals surface area (Å²) in [5.74, 6) is 1.87. The topological polar surface area (TPSA) is 9.23 Å². The van der Waals surface area contributed by atoms with E-state index in [1.54, 1.807) is 11.8 Å². The molecule has 1 nitrogen and oxygen atoms in total. The van der Waals surface area contributed by atoms with Crippen molar-refractivity contribution in [1.82, 2.24) is 0 Å². The zero-order valence-corrected chi connectivity index (χ0v) is 13.8. The van der Waals surface area contributed by atoms with Gasteiger partial charge in [-0.15, -0.1) is 11.8 Å². The van der Waals surface area contributed by atoms with Gasteiger partial charge in [-0.1, -0.05) is 43.6 Å². The van der Waals surface area contributed by atoms with Crippen LogP contribution >= 0.6 is 23.4 Å². The lowest BCUT2D eigenvalue weighted by molar-refractivity contribution is 0.337. The van der Waals surface area contributed by atoms with Gasteiger partial charge in [0.15, 0.2) is 0 Å². The average molecular weight is 309 g/mol. The lowest BCUT2D eigenvalue weighted by atomic mass is 10.2. The summed E-state index contributed by atoms with van der Waals surface area (Å²) in [6, 6.07) is 16.1. The second kappa shape index (κ2) is 9.73. The third-order valence-corrected chi connectivity index (χ3v) is 3.79. The molecule has 0 fully saturated rings. The van der Waals surface area contributed by atoms with Gasteiger partial charge in [-0.2, -0.15) is 0 Å². The van der Waals surface area contributed by atoms with Crippen molar-refractivity contribution in [3.8, 4) is 5.75 Å². The Bertz CT molecular complexity index is 497. The van der Waals surface area contributed by atoms with Crippen LogP contribution in [0.5, 0.6) is 5.75 Å². The first-order valence-electron chi connectivity index (χ1n) is 6.88. The van der Waals surface area contributed by atoms with Crippen molar-refractivity contribution in [1.29, 1.82) is 0 Å². The van der Waals surface area contributed by atoms with Crippen LogP contribution in [0.2, 0.25) is 5.02 Å². The SMILES string of the molecule is CC.CCOc1ccccc1CSc1ccc(Cl)cc1. The molecule has 0 heterocycles. The van der Waals surface area contributed by atoms with Crippen LogP contribution in [0.4, 0.5) is 0 Å². The molecular formula is C17H21ClOS. The molecule has 0 unspecified atom stereocenters. The lowest BCUT2D eigenvalue weighted by Crippen LogP contribution is -1.95. The fourth-order valence-electron chi connectivity index (χ4n) is 1.61. The standard InChI is InChI=1S/C15H15ClOS.C2H6/c1-2-17-15-6-4-3-5-12(15)11-18-14-9-7-13(16)8-10-14;1-2/h3-10H,2,11H2,1H3;1-2H3. The van der Waals surface area contributed by atoms with Crippen LogP contribution in [-0.4, -0.2) is 6.61 Å². The van der Waals surface area contributed by atoms with Gasteiger partial charge in [0.2, 0.25) is 0 Å². The minimum Gasteiger partial charge on any atom is -0.494 e. The predicted octanol–water partition coefficient (Wildman–Crippen LogP) is 6.06. The monoisotopic (exact) mass is 308 g/mol. The summed E-state index contributed by atoms with van der Waals surface area (Å²) < 4.78 is 5.61. The molecule has 0 aromatic heterocycles. The molecule has 0 N–H and O–H groups in total. The molecular weight excluding hydrogens is 288 g/mol. The maximum Gasteiger partial charge on any atom is 0.123 e. The van der Waals surface area contributed by atoms with Gasteiger partial charge in [-0.3, -0.25) is 0 Å². The van der Waals surface area contributed by atoms with E-state index < -0.39 is 0 Å². The minimum absolute atomic E-state index is 0.697. The van der Waals surface area contributed by atoms with Crippen molar-refractivity contribution in [3.63, 3.8) is 0 Å². The molecule has 0 amide bonds. The Kier molecular flexibility index (Phi) is 8.24. The molecule has 108 valence electrons. The Morgan fingerprint density at radius 2 is 1.65 bits per heavy atom. The van der Waals surface area contributed by atoms with Gasteiger partial charge < -0.3 is 4.74 Å². The molecule has 0 spiro atoms. The van der Waals surface area contributed by atoms with E-state index in [0.717, 1.165) is 16.5 Å². The highest BCUT2D eigenvalue weighted by atomic mass is 35.5. The maximum atomic E-state index is 5.87. The van der Waals surface area contributed by atoms with Crippen LogP contribution in [0.1, 0.15) is 26.3 Å². The third-order valence-electron chi connectivity index (χ3n) is 2.48. The molecule has 0 radical (unpaired) electrons. The van der Waals surface area contributed by atoms with E-state index in [4.69, 9.17) is 16.3 Å². The summed E-state index contributed by atoms with van der Waals surface area (Å²) in [5.41, 5.74) is 1.22. The molecule has 0 saturated heterocycles. The number of hydrogen-bond donors (Lipinski definition) is 0. The van der Waals surface area contributed by atoms with Gasteiger partial charge in [0, 0.05) is 21.2 Å². The van der Waals surface area contributed by atoms with Crippen molar-refractivity contribution in [2.75, 3.05) is 6.61 Å². The van der Waals surface area contributed by atoms with E-state index in [1.807, 2.05) is 63.2 Å². The average Bonchev–Trinajstić information content (AvgIpc) is 2.50. The van der Waals surface area contributed by atoms with Gasteiger partial charge in [0.05, 0.1) is 6.61 Å². The Hall–Kier alpha value is -1.12. The molecule has 2 aromatic rings. The zero-order chi connectivity index (χ0) is 14.8. The number of rotatable bonds is 5. The largest absolute Gasteiger partial charge is 0.494 e. The highest BCUT2D eigenvalue weighted by Crippen LogP contribution is 2.28. The first-order chi connectivity index (χ1) is 9.79. The van der Waals surface area contributed by atoms with Crippen LogP contribution in [0, 0.1) is 0 Å². The van der Waals surface area contributed by atoms with Crippen molar-refractivity contribution >= 4 is 23.4 Å². The van der Waals surface area contributed by atoms with Crippen LogP contribution < -0.4 is 4.74 Å². The highest BCUT2D eigenvalue weighted by molar-refractivity contribution is 7.98. The molecule has 2 rings (SSSR count). The number of benzene rings is 2. The minimum atomic E-state index is 0.697. The van der Waals surface area contributed by atoms with Crippen molar-refractivity contribution < 1.29 is 4.74 Å². The lowest BCUT2D eigenvalue weighted by Gasteiger charge is -2.09. The van der Waals surface area contributed by atoms with E-state index in [9.17, 15) is 0 Å². The Morgan fingerprint density at radius 1 is 1.00 bits per heavy atom. The summed E-state index contributed by atoms with van der Waals surface area (Å²) in [6.45, 7) is 6.70. The van der Waals surface area contributed by atoms with Crippen LogP contribution in [-0.2, 0) is 5.75 Å². The van der Waals surface area contributed by atoms with Gasteiger partial charge in [-0.05, 0) is 37.3 Å². The van der Waals surface area contributed by atoms with Crippen molar-refractivity contribution in [2.45, 2.75) is 31.4 Å². The Balaban J connectivity index is 0.000000956. The van der Waals surface area contributed by atoms with E-state index in [-0.39, 0.29) is 0 Å². The summed E-state index contributed by atoms with van der Waals surface area (Å²) in [7, 11) is 0. The molecule has 0 saturated carbocycles. The van der Waals surface area contributed by atoms with Crippen molar-refractivity contribution in [3.05, 3.63) is 59.1 Å². The fourth-order valence-corrected chi connectivity index (χ4v) is 2.63. The zero-order valence-electron chi connectivity index (χ0n) is 12.2. The molecule has 0 aliphatic heterocycles. The first-order valence-corrected chi connectivity index (χ1v) is 8.25. The molecule has 3 heteroatoms.